The molecule has 68 valence electrons. The first-order chi connectivity index (χ1) is 4.54. The largest absolute Gasteiger partial charge is 2.00 e. The number of alkyl halides is 1. The molecule has 0 saturated heterocycles. The van der Waals surface area contributed by atoms with Crippen LogP contribution in [0.3, 0.4) is 0 Å². The third-order valence-electron chi connectivity index (χ3n) is 0.667. The van der Waals surface area contributed by atoms with E-state index < -0.39 is 0 Å². The molecule has 0 aromatic carbocycles. The summed E-state index contributed by atoms with van der Waals surface area (Å²) in [7, 11) is 0. The van der Waals surface area contributed by atoms with Crippen molar-refractivity contribution in [1.82, 2.24) is 5.32 Å². The Labute approximate surface area is 95.4 Å². The number of hydrogen-bond donors (Lipinski definition) is 1. The second-order valence-corrected chi connectivity index (χ2v) is 3.28. The summed E-state index contributed by atoms with van der Waals surface area (Å²) < 4.78 is 0. The van der Waals surface area contributed by atoms with Gasteiger partial charge in [0.15, 0.2) is 0 Å². The quantitative estimate of drug-likeness (QED) is 0.523. The second-order valence-electron chi connectivity index (χ2n) is 2.74. The van der Waals surface area contributed by atoms with Crippen LogP contribution in [0.4, 0.5) is 0 Å². The summed E-state index contributed by atoms with van der Waals surface area (Å²) in [5.74, 6) is 0.722. The summed E-state index contributed by atoms with van der Waals surface area (Å²) in [4.78, 5) is 0. The molecule has 0 amide bonds. The number of rotatable bonds is 2. The van der Waals surface area contributed by atoms with Crippen molar-refractivity contribution in [2.24, 2.45) is 0 Å². The monoisotopic (exact) mass is 191 g/mol. The van der Waals surface area contributed by atoms with Crippen molar-refractivity contribution in [3.05, 3.63) is 0 Å². The van der Waals surface area contributed by atoms with Crippen LogP contribution in [0.25, 0.3) is 0 Å². The number of hydrogen-bond acceptors (Lipinski definition) is 1. The van der Waals surface area contributed by atoms with E-state index in [2.05, 4.69) is 33.0 Å². The molecule has 0 bridgehead atoms. The van der Waals surface area contributed by atoms with Gasteiger partial charge in [-0.1, -0.05) is 34.6 Å². The fourth-order valence-corrected chi connectivity index (χ4v) is 0.667. The van der Waals surface area contributed by atoms with Gasteiger partial charge in [-0.2, -0.15) is 0 Å². The molecule has 0 fully saturated rings. The SMILES string of the molecule is CC(C)NC(C)C.CCCl.[H-].[H-].[Mg+2]. The first kappa shape index (κ1) is 17.9. The Morgan fingerprint density at radius 2 is 1.36 bits per heavy atom. The average Bonchev–Trinajstić information content (AvgIpc) is 1.62. The number of halogens is 1. The normalized spacial score (nSPS) is 8.73. The molecule has 1 N–H and O–H groups in total. The van der Waals surface area contributed by atoms with Gasteiger partial charge in [-0.3, -0.25) is 0 Å². The summed E-state index contributed by atoms with van der Waals surface area (Å²) in [6, 6.07) is 1.25. The van der Waals surface area contributed by atoms with Gasteiger partial charge in [-0.25, -0.2) is 0 Å². The molecule has 0 heterocycles. The molecule has 0 radical (unpaired) electrons. The fourth-order valence-electron chi connectivity index (χ4n) is 0.667. The molecule has 1 nitrogen and oxygen atoms in total. The Hall–Kier alpha value is 1.02. The van der Waals surface area contributed by atoms with Crippen LogP contribution in [-0.4, -0.2) is 41.0 Å². The average molecular weight is 192 g/mol. The van der Waals surface area contributed by atoms with Crippen molar-refractivity contribution < 1.29 is 2.85 Å². The maximum absolute atomic E-state index is 5.00. The predicted octanol–water partition coefficient (Wildman–Crippen LogP) is 2.48. The topological polar surface area (TPSA) is 12.0 Å². The van der Waals surface area contributed by atoms with E-state index in [1.165, 1.54) is 0 Å². The van der Waals surface area contributed by atoms with Gasteiger partial charge < -0.3 is 8.17 Å². The molecule has 0 aliphatic rings. The minimum absolute atomic E-state index is 0. The minimum atomic E-state index is 0. The smallest absolute Gasteiger partial charge is 1.00 e. The maximum Gasteiger partial charge on any atom is 2.00 e. The van der Waals surface area contributed by atoms with E-state index in [-0.39, 0.29) is 25.9 Å². The van der Waals surface area contributed by atoms with Crippen molar-refractivity contribution in [1.29, 1.82) is 0 Å². The van der Waals surface area contributed by atoms with Gasteiger partial charge in [0, 0.05) is 18.0 Å². The molecule has 0 spiro atoms. The van der Waals surface area contributed by atoms with Gasteiger partial charge in [0.1, 0.15) is 0 Å². The first-order valence-corrected chi connectivity index (χ1v) is 4.40. The van der Waals surface area contributed by atoms with Crippen LogP contribution in [0.1, 0.15) is 37.5 Å². The first-order valence-electron chi connectivity index (χ1n) is 3.86. The van der Waals surface area contributed by atoms with Crippen LogP contribution in [0.2, 0.25) is 0 Å². The van der Waals surface area contributed by atoms with Gasteiger partial charge >= 0.3 is 23.1 Å². The third-order valence-corrected chi connectivity index (χ3v) is 0.667. The van der Waals surface area contributed by atoms with Gasteiger partial charge in [0.2, 0.25) is 0 Å². The van der Waals surface area contributed by atoms with E-state index in [0.717, 1.165) is 5.88 Å². The van der Waals surface area contributed by atoms with Crippen LogP contribution in [0.5, 0.6) is 0 Å². The van der Waals surface area contributed by atoms with E-state index >= 15 is 0 Å². The van der Waals surface area contributed by atoms with E-state index in [1.54, 1.807) is 0 Å². The van der Waals surface area contributed by atoms with E-state index in [9.17, 15) is 0 Å². The fraction of sp³-hybridized carbons (Fsp3) is 1.00. The third kappa shape index (κ3) is 35.6. The zero-order valence-electron chi connectivity index (χ0n) is 10.4. The van der Waals surface area contributed by atoms with Crippen molar-refractivity contribution in [2.75, 3.05) is 5.88 Å². The van der Waals surface area contributed by atoms with Crippen LogP contribution in [0, 0.1) is 0 Å². The Kier molecular flexibility index (Phi) is 22.2. The Morgan fingerprint density at radius 3 is 1.36 bits per heavy atom. The van der Waals surface area contributed by atoms with E-state index in [0.29, 0.717) is 12.1 Å². The Bertz CT molecular complexity index is 60.1. The van der Waals surface area contributed by atoms with Crippen molar-refractivity contribution in [2.45, 2.75) is 46.7 Å². The molecule has 0 aromatic heterocycles. The molecule has 0 aliphatic heterocycles. The maximum atomic E-state index is 5.00. The van der Waals surface area contributed by atoms with Crippen LogP contribution in [0.15, 0.2) is 0 Å². The van der Waals surface area contributed by atoms with Crippen molar-refractivity contribution >= 4 is 34.7 Å². The summed E-state index contributed by atoms with van der Waals surface area (Å²) in [5.41, 5.74) is 0. The van der Waals surface area contributed by atoms with Crippen molar-refractivity contribution in [3.63, 3.8) is 0 Å². The van der Waals surface area contributed by atoms with Gasteiger partial charge in [0.05, 0.1) is 0 Å². The molecule has 0 aliphatic carbocycles. The van der Waals surface area contributed by atoms with E-state index in [4.69, 9.17) is 11.6 Å². The summed E-state index contributed by atoms with van der Waals surface area (Å²) in [5, 5.41) is 3.31. The summed E-state index contributed by atoms with van der Waals surface area (Å²) >= 11 is 5.00. The van der Waals surface area contributed by atoms with Gasteiger partial charge in [-0.15, -0.1) is 11.6 Å². The molecular formula is C8H22ClMgN. The second kappa shape index (κ2) is 13.6. The van der Waals surface area contributed by atoms with E-state index in [1.807, 2.05) is 6.92 Å². The van der Waals surface area contributed by atoms with Crippen LogP contribution < -0.4 is 5.32 Å². The molecule has 3 heteroatoms. The zero-order valence-corrected chi connectivity index (χ0v) is 10.6. The zero-order chi connectivity index (χ0) is 8.57. The van der Waals surface area contributed by atoms with Gasteiger partial charge in [-0.05, 0) is 0 Å². The van der Waals surface area contributed by atoms with Crippen molar-refractivity contribution in [3.8, 4) is 0 Å². The molecule has 0 unspecified atom stereocenters. The Balaban J connectivity index is -0.0000000320. The minimum Gasteiger partial charge on any atom is -1.00 e. The Morgan fingerprint density at radius 1 is 1.18 bits per heavy atom. The molecule has 0 atom stereocenters. The molecule has 0 rings (SSSR count). The standard InChI is InChI=1S/C6H15N.C2H5Cl.Mg.2H/c1-5(2)7-6(3)4;1-2-3;;;/h5-7H,1-4H3;2H2,1H3;;;/q;;+2;2*-1. The summed E-state index contributed by atoms with van der Waals surface area (Å²) in [6.45, 7) is 10.5. The van der Waals surface area contributed by atoms with Crippen LogP contribution >= 0.6 is 11.6 Å². The molecule has 11 heavy (non-hydrogen) atoms. The van der Waals surface area contributed by atoms with Crippen LogP contribution in [-0.2, 0) is 0 Å². The van der Waals surface area contributed by atoms with Gasteiger partial charge in [0.25, 0.3) is 0 Å². The number of nitrogens with one attached hydrogen (secondary N) is 1. The molecular weight excluding hydrogens is 170 g/mol. The summed E-state index contributed by atoms with van der Waals surface area (Å²) in [6.07, 6.45) is 0. The molecule has 0 aromatic rings. The molecule has 0 saturated carbocycles. The predicted molar refractivity (Wildman–Crippen MR) is 57.8 cm³/mol.